The molecule has 0 atom stereocenters. The summed E-state index contributed by atoms with van der Waals surface area (Å²) in [5, 5.41) is 3.96. The Balaban J connectivity index is 1.72. The van der Waals surface area contributed by atoms with Crippen LogP contribution < -0.4 is 20.6 Å². The second-order valence-corrected chi connectivity index (χ2v) is 6.26. The number of benzene rings is 2. The summed E-state index contributed by atoms with van der Waals surface area (Å²) in [7, 11) is 1.64. The fourth-order valence-electron chi connectivity index (χ4n) is 2.55. The number of nitrogens with one attached hydrogen (secondary N) is 1. The van der Waals surface area contributed by atoms with E-state index >= 15 is 0 Å². The van der Waals surface area contributed by atoms with E-state index in [0.29, 0.717) is 12.2 Å². The monoisotopic (exact) mass is 383 g/mol. The van der Waals surface area contributed by atoms with Gasteiger partial charge in [-0.1, -0.05) is 6.07 Å². The Kier molecular flexibility index (Phi) is 8.02. The van der Waals surface area contributed by atoms with Crippen LogP contribution in [-0.4, -0.2) is 31.7 Å². The van der Waals surface area contributed by atoms with Gasteiger partial charge in [-0.05, 0) is 72.9 Å². The van der Waals surface area contributed by atoms with Crippen LogP contribution in [0.5, 0.6) is 11.5 Å². The number of carbonyl (C=O) groups excluding carboxylic acids is 2. The Hall–Kier alpha value is -3.35. The third-order valence-electron chi connectivity index (χ3n) is 4.06. The Morgan fingerprint density at radius 1 is 1.14 bits per heavy atom. The van der Waals surface area contributed by atoms with E-state index in [9.17, 15) is 9.59 Å². The predicted molar refractivity (Wildman–Crippen MR) is 108 cm³/mol. The maximum Gasteiger partial charge on any atom is 0.255 e. The van der Waals surface area contributed by atoms with Gasteiger partial charge < -0.3 is 15.2 Å². The topological polar surface area (TPSA) is 103 Å². The van der Waals surface area contributed by atoms with Crippen LogP contribution in [-0.2, 0) is 16.0 Å². The smallest absolute Gasteiger partial charge is 0.255 e. The van der Waals surface area contributed by atoms with Crippen molar-refractivity contribution in [1.29, 1.82) is 0 Å². The van der Waals surface area contributed by atoms with E-state index in [1.165, 1.54) is 5.56 Å². The van der Waals surface area contributed by atoms with E-state index in [1.54, 1.807) is 37.6 Å². The van der Waals surface area contributed by atoms with Crippen molar-refractivity contribution in [3.8, 4) is 11.5 Å². The first-order chi connectivity index (χ1) is 13.5. The Labute approximate surface area is 164 Å². The Morgan fingerprint density at radius 2 is 1.86 bits per heavy atom. The standard InChI is InChI=1S/C21H25N3O4/c1-15-12-19(27-2)11-8-17(15)4-3-5-21(26)24-23-13-16-6-9-18(10-7-16)28-14-20(22)25/h6-13H,3-5,14H2,1-2H3,(H2,22,25)(H,24,26)/b23-13-. The number of amides is 2. The van der Waals surface area contributed by atoms with Gasteiger partial charge in [-0.15, -0.1) is 0 Å². The number of ether oxygens (including phenoxy) is 2. The van der Waals surface area contributed by atoms with E-state index in [-0.39, 0.29) is 12.5 Å². The van der Waals surface area contributed by atoms with Crippen molar-refractivity contribution in [2.45, 2.75) is 26.2 Å². The van der Waals surface area contributed by atoms with Gasteiger partial charge in [0.25, 0.3) is 5.91 Å². The normalized spacial score (nSPS) is 10.6. The maximum atomic E-state index is 11.9. The largest absolute Gasteiger partial charge is 0.497 e. The quantitative estimate of drug-likeness (QED) is 0.485. The molecule has 0 saturated heterocycles. The third kappa shape index (κ3) is 7.11. The number of carbonyl (C=O) groups is 2. The summed E-state index contributed by atoms with van der Waals surface area (Å²) < 4.78 is 10.4. The first-order valence-electron chi connectivity index (χ1n) is 8.94. The molecule has 2 aromatic rings. The molecule has 0 aliphatic heterocycles. The molecule has 0 radical (unpaired) electrons. The molecule has 0 aliphatic rings. The summed E-state index contributed by atoms with van der Waals surface area (Å²) in [4.78, 5) is 22.6. The molecule has 0 aromatic heterocycles. The van der Waals surface area contributed by atoms with Crippen molar-refractivity contribution in [3.63, 3.8) is 0 Å². The van der Waals surface area contributed by atoms with E-state index < -0.39 is 5.91 Å². The van der Waals surface area contributed by atoms with Crippen LogP contribution in [0.4, 0.5) is 0 Å². The average Bonchev–Trinajstić information content (AvgIpc) is 2.68. The van der Waals surface area contributed by atoms with E-state index in [4.69, 9.17) is 15.2 Å². The first kappa shape index (κ1) is 21.0. The average molecular weight is 383 g/mol. The number of hydrogen-bond donors (Lipinski definition) is 2. The minimum Gasteiger partial charge on any atom is -0.497 e. The second kappa shape index (κ2) is 10.7. The zero-order valence-corrected chi connectivity index (χ0v) is 16.1. The number of primary amides is 1. The van der Waals surface area contributed by atoms with Crippen molar-refractivity contribution in [1.82, 2.24) is 5.43 Å². The summed E-state index contributed by atoms with van der Waals surface area (Å²) in [6, 6.07) is 12.9. The molecule has 28 heavy (non-hydrogen) atoms. The fourth-order valence-corrected chi connectivity index (χ4v) is 2.55. The van der Waals surface area contributed by atoms with E-state index in [1.807, 2.05) is 25.1 Å². The Bertz CT molecular complexity index is 832. The van der Waals surface area contributed by atoms with Crippen molar-refractivity contribution in [2.75, 3.05) is 13.7 Å². The minimum atomic E-state index is -0.532. The molecule has 3 N–H and O–H groups in total. The fraction of sp³-hybridized carbons (Fsp3) is 0.286. The lowest BCUT2D eigenvalue weighted by Crippen LogP contribution is -2.20. The lowest BCUT2D eigenvalue weighted by Gasteiger charge is -2.07. The number of methoxy groups -OCH3 is 1. The van der Waals surface area contributed by atoms with Crippen molar-refractivity contribution >= 4 is 18.0 Å². The summed E-state index contributed by atoms with van der Waals surface area (Å²) in [6.07, 6.45) is 3.49. The number of nitrogens with two attached hydrogens (primary N) is 1. The predicted octanol–water partition coefficient (Wildman–Crippen LogP) is 2.34. The molecule has 0 fully saturated rings. The van der Waals surface area contributed by atoms with Crippen LogP contribution in [0.3, 0.4) is 0 Å². The van der Waals surface area contributed by atoms with Gasteiger partial charge in [0.05, 0.1) is 13.3 Å². The van der Waals surface area contributed by atoms with E-state index in [0.717, 1.165) is 29.7 Å². The first-order valence-corrected chi connectivity index (χ1v) is 8.94. The number of aryl methyl sites for hydroxylation is 2. The van der Waals surface area contributed by atoms with Crippen LogP contribution in [0.25, 0.3) is 0 Å². The highest BCUT2D eigenvalue weighted by Gasteiger charge is 2.04. The lowest BCUT2D eigenvalue weighted by atomic mass is 10.0. The maximum absolute atomic E-state index is 11.9. The molecule has 0 saturated carbocycles. The molecule has 2 rings (SSSR count). The van der Waals surface area contributed by atoms with Gasteiger partial charge in [0.2, 0.25) is 5.91 Å². The molecule has 7 heteroatoms. The Morgan fingerprint density at radius 3 is 2.50 bits per heavy atom. The van der Waals surface area contributed by atoms with E-state index in [2.05, 4.69) is 10.5 Å². The van der Waals surface area contributed by atoms with Gasteiger partial charge in [-0.25, -0.2) is 5.43 Å². The van der Waals surface area contributed by atoms with Crippen molar-refractivity contribution in [3.05, 3.63) is 59.2 Å². The molecule has 148 valence electrons. The second-order valence-electron chi connectivity index (χ2n) is 6.26. The van der Waals surface area contributed by atoms with Crippen LogP contribution in [0.1, 0.15) is 29.5 Å². The highest BCUT2D eigenvalue weighted by Crippen LogP contribution is 2.18. The molecule has 2 amide bonds. The van der Waals surface area contributed by atoms with Gasteiger partial charge in [0.1, 0.15) is 11.5 Å². The summed E-state index contributed by atoms with van der Waals surface area (Å²) >= 11 is 0. The summed E-state index contributed by atoms with van der Waals surface area (Å²) in [6.45, 7) is 1.87. The summed E-state index contributed by atoms with van der Waals surface area (Å²) in [5.41, 5.74) is 10.7. The molecule has 2 aromatic carbocycles. The lowest BCUT2D eigenvalue weighted by molar-refractivity contribution is -0.121. The molecular weight excluding hydrogens is 358 g/mol. The van der Waals surface area contributed by atoms with Crippen molar-refractivity contribution < 1.29 is 19.1 Å². The highest BCUT2D eigenvalue weighted by molar-refractivity contribution is 5.82. The van der Waals surface area contributed by atoms with Crippen LogP contribution >= 0.6 is 0 Å². The zero-order chi connectivity index (χ0) is 20.4. The molecular formula is C21H25N3O4. The van der Waals surface area contributed by atoms with Crippen LogP contribution in [0.15, 0.2) is 47.6 Å². The third-order valence-corrected chi connectivity index (χ3v) is 4.06. The van der Waals surface area contributed by atoms with Gasteiger partial charge in [0.15, 0.2) is 6.61 Å². The number of hydrazone groups is 1. The molecule has 0 bridgehead atoms. The van der Waals surface area contributed by atoms with Gasteiger partial charge >= 0.3 is 0 Å². The van der Waals surface area contributed by atoms with Gasteiger partial charge in [-0.2, -0.15) is 5.10 Å². The van der Waals surface area contributed by atoms with Gasteiger partial charge in [0, 0.05) is 6.42 Å². The SMILES string of the molecule is COc1ccc(CCCC(=O)N/N=C\c2ccc(OCC(N)=O)cc2)c(C)c1. The highest BCUT2D eigenvalue weighted by atomic mass is 16.5. The van der Waals surface area contributed by atoms with Crippen LogP contribution in [0, 0.1) is 6.92 Å². The van der Waals surface area contributed by atoms with Crippen LogP contribution in [0.2, 0.25) is 0 Å². The number of hydrogen-bond acceptors (Lipinski definition) is 5. The number of nitrogens with zero attached hydrogens (tertiary/aromatic N) is 1. The number of rotatable bonds is 10. The van der Waals surface area contributed by atoms with Gasteiger partial charge in [-0.3, -0.25) is 9.59 Å². The molecule has 0 heterocycles. The zero-order valence-electron chi connectivity index (χ0n) is 16.1. The van der Waals surface area contributed by atoms with Crippen molar-refractivity contribution in [2.24, 2.45) is 10.8 Å². The molecule has 0 spiro atoms. The molecule has 0 aliphatic carbocycles. The molecule has 7 nitrogen and oxygen atoms in total. The minimum absolute atomic E-state index is 0.135. The molecule has 0 unspecified atom stereocenters. The summed E-state index contributed by atoms with van der Waals surface area (Å²) in [5.74, 6) is 0.703.